The van der Waals surface area contributed by atoms with E-state index in [1.807, 2.05) is 6.07 Å². The molecule has 3 aliphatic heterocycles. The van der Waals surface area contributed by atoms with Gasteiger partial charge in [0.2, 0.25) is 11.8 Å². The molecule has 30 heavy (non-hydrogen) atoms. The molecular formula is C22H26N4O4. The molecule has 3 heterocycles. The van der Waals surface area contributed by atoms with Gasteiger partial charge in [0, 0.05) is 25.6 Å². The lowest BCUT2D eigenvalue weighted by molar-refractivity contribution is -0.136. The number of rotatable bonds is 3. The number of likely N-dealkylation sites (tertiary alicyclic amines) is 1. The van der Waals surface area contributed by atoms with E-state index in [1.54, 1.807) is 12.1 Å². The zero-order valence-electron chi connectivity index (χ0n) is 16.9. The van der Waals surface area contributed by atoms with Crippen molar-refractivity contribution in [2.75, 3.05) is 13.1 Å². The van der Waals surface area contributed by atoms with E-state index >= 15 is 0 Å². The quantitative estimate of drug-likeness (QED) is 0.713. The van der Waals surface area contributed by atoms with Gasteiger partial charge in [0.05, 0.1) is 11.1 Å². The van der Waals surface area contributed by atoms with E-state index in [1.165, 1.54) is 6.42 Å². The summed E-state index contributed by atoms with van der Waals surface area (Å²) in [6, 6.07) is 4.62. The van der Waals surface area contributed by atoms with Crippen LogP contribution in [0.25, 0.3) is 0 Å². The normalized spacial score (nSPS) is 31.7. The third kappa shape index (κ3) is 2.89. The Labute approximate surface area is 174 Å². The predicted octanol–water partition coefficient (Wildman–Crippen LogP) is 0.791. The second-order valence-corrected chi connectivity index (χ2v) is 9.11. The van der Waals surface area contributed by atoms with Crippen LogP contribution in [0.5, 0.6) is 0 Å². The van der Waals surface area contributed by atoms with Crippen molar-refractivity contribution in [2.45, 2.75) is 57.2 Å². The first-order valence-corrected chi connectivity index (χ1v) is 10.7. The van der Waals surface area contributed by atoms with Crippen molar-refractivity contribution in [3.05, 3.63) is 34.9 Å². The maximum Gasteiger partial charge on any atom is 0.262 e. The van der Waals surface area contributed by atoms with Gasteiger partial charge in [-0.2, -0.15) is 0 Å². The van der Waals surface area contributed by atoms with Gasteiger partial charge in [-0.3, -0.25) is 34.3 Å². The van der Waals surface area contributed by atoms with Crippen LogP contribution >= 0.6 is 0 Å². The number of imide groups is 2. The second kappa shape index (κ2) is 6.99. The summed E-state index contributed by atoms with van der Waals surface area (Å²) in [5.74, 6) is -1.85. The monoisotopic (exact) mass is 410 g/mol. The molecule has 0 aromatic heterocycles. The molecule has 1 saturated carbocycles. The van der Waals surface area contributed by atoms with E-state index in [4.69, 9.17) is 5.73 Å². The fourth-order valence-corrected chi connectivity index (χ4v) is 5.75. The van der Waals surface area contributed by atoms with Crippen LogP contribution in [0.1, 0.15) is 64.8 Å². The summed E-state index contributed by atoms with van der Waals surface area (Å²) in [7, 11) is 0. The van der Waals surface area contributed by atoms with Crippen molar-refractivity contribution in [2.24, 2.45) is 11.1 Å². The van der Waals surface area contributed by atoms with E-state index in [-0.39, 0.29) is 30.2 Å². The number of amides is 4. The van der Waals surface area contributed by atoms with Crippen LogP contribution < -0.4 is 11.1 Å². The van der Waals surface area contributed by atoms with Crippen molar-refractivity contribution in [3.8, 4) is 0 Å². The van der Waals surface area contributed by atoms with Crippen LogP contribution in [0.2, 0.25) is 0 Å². The van der Waals surface area contributed by atoms with Gasteiger partial charge in [-0.25, -0.2) is 0 Å². The summed E-state index contributed by atoms with van der Waals surface area (Å²) in [6.07, 6.45) is 4.74. The van der Waals surface area contributed by atoms with Crippen LogP contribution in [-0.2, 0) is 16.1 Å². The molecular weight excluding hydrogens is 384 g/mol. The van der Waals surface area contributed by atoms with E-state index in [0.29, 0.717) is 17.7 Å². The van der Waals surface area contributed by atoms with Gasteiger partial charge in [-0.15, -0.1) is 0 Å². The molecule has 3 N–H and O–H groups in total. The molecule has 0 bridgehead atoms. The molecule has 3 atom stereocenters. The topological polar surface area (TPSA) is 113 Å². The third-order valence-electron chi connectivity index (χ3n) is 7.39. The Hall–Kier alpha value is -2.58. The summed E-state index contributed by atoms with van der Waals surface area (Å²) in [4.78, 5) is 53.3. The molecule has 5 rings (SSSR count). The van der Waals surface area contributed by atoms with Gasteiger partial charge in [-0.05, 0) is 49.3 Å². The lowest BCUT2D eigenvalue weighted by Crippen LogP contribution is -2.54. The second-order valence-electron chi connectivity index (χ2n) is 9.11. The zero-order chi connectivity index (χ0) is 21.0. The van der Waals surface area contributed by atoms with Crippen molar-refractivity contribution < 1.29 is 19.2 Å². The van der Waals surface area contributed by atoms with Gasteiger partial charge < -0.3 is 5.73 Å². The molecule has 8 nitrogen and oxygen atoms in total. The summed E-state index contributed by atoms with van der Waals surface area (Å²) in [5.41, 5.74) is 8.11. The number of nitrogens with zero attached hydrogens (tertiary/aromatic N) is 2. The van der Waals surface area contributed by atoms with Gasteiger partial charge in [0.25, 0.3) is 11.8 Å². The zero-order valence-corrected chi connectivity index (χ0v) is 16.9. The first-order chi connectivity index (χ1) is 14.4. The Morgan fingerprint density at radius 1 is 1.10 bits per heavy atom. The van der Waals surface area contributed by atoms with Crippen LogP contribution in [0.15, 0.2) is 18.2 Å². The molecule has 158 valence electrons. The molecule has 4 amide bonds. The van der Waals surface area contributed by atoms with Crippen molar-refractivity contribution in [1.82, 2.24) is 15.1 Å². The van der Waals surface area contributed by atoms with Gasteiger partial charge in [-0.1, -0.05) is 18.6 Å². The van der Waals surface area contributed by atoms with E-state index in [9.17, 15) is 19.2 Å². The number of carbonyl (C=O) groups excluding carboxylic acids is 4. The number of piperidine rings is 1. The highest BCUT2D eigenvalue weighted by Gasteiger charge is 2.47. The van der Waals surface area contributed by atoms with Gasteiger partial charge >= 0.3 is 0 Å². The van der Waals surface area contributed by atoms with E-state index in [0.717, 1.165) is 42.8 Å². The first-order valence-electron chi connectivity index (χ1n) is 10.7. The predicted molar refractivity (Wildman–Crippen MR) is 107 cm³/mol. The summed E-state index contributed by atoms with van der Waals surface area (Å²) < 4.78 is 0. The van der Waals surface area contributed by atoms with Crippen LogP contribution in [0.3, 0.4) is 0 Å². The molecule has 1 aliphatic carbocycles. The Bertz CT molecular complexity index is 960. The third-order valence-corrected chi connectivity index (χ3v) is 7.39. The molecule has 3 unspecified atom stereocenters. The number of hydrogen-bond acceptors (Lipinski definition) is 6. The minimum absolute atomic E-state index is 0.118. The standard InChI is InChI=1S/C22H26N4O4/c23-16-5-2-8-22(16)9-10-25(12-22)11-13-3-1-4-14-18(13)21(30)26(20(14)29)15-6-7-17(27)24-19(15)28/h1,3-4,15-16H,2,5-12,23H2,(H,24,27,28). The van der Waals surface area contributed by atoms with Crippen molar-refractivity contribution in [3.63, 3.8) is 0 Å². The first kappa shape index (κ1) is 19.4. The van der Waals surface area contributed by atoms with Crippen LogP contribution in [-0.4, -0.2) is 58.6 Å². The highest BCUT2D eigenvalue weighted by molar-refractivity contribution is 6.24. The molecule has 1 aromatic rings. The lowest BCUT2D eigenvalue weighted by atomic mass is 9.82. The molecule has 1 aromatic carbocycles. The summed E-state index contributed by atoms with van der Waals surface area (Å²) >= 11 is 0. The van der Waals surface area contributed by atoms with Gasteiger partial charge in [0.15, 0.2) is 0 Å². The van der Waals surface area contributed by atoms with E-state index < -0.39 is 23.8 Å². The minimum atomic E-state index is -0.936. The number of carbonyl (C=O) groups is 4. The molecule has 8 heteroatoms. The molecule has 2 saturated heterocycles. The summed E-state index contributed by atoms with van der Waals surface area (Å²) in [5, 5.41) is 2.24. The van der Waals surface area contributed by atoms with Crippen LogP contribution in [0, 0.1) is 5.41 Å². The number of fused-ring (bicyclic) bond motifs is 1. The molecule has 0 radical (unpaired) electrons. The summed E-state index contributed by atoms with van der Waals surface area (Å²) in [6.45, 7) is 2.42. The molecule has 3 fully saturated rings. The largest absolute Gasteiger partial charge is 0.327 e. The average Bonchev–Trinajstić information content (AvgIpc) is 3.36. The van der Waals surface area contributed by atoms with Crippen molar-refractivity contribution in [1.29, 1.82) is 0 Å². The maximum absolute atomic E-state index is 13.2. The number of hydrogen-bond donors (Lipinski definition) is 2. The Morgan fingerprint density at radius 3 is 2.67 bits per heavy atom. The number of nitrogens with two attached hydrogens (primary N) is 1. The smallest absolute Gasteiger partial charge is 0.262 e. The van der Waals surface area contributed by atoms with Gasteiger partial charge in [0.1, 0.15) is 6.04 Å². The van der Waals surface area contributed by atoms with Crippen LogP contribution in [0.4, 0.5) is 0 Å². The Balaban J connectivity index is 1.39. The molecule has 1 spiro atoms. The highest BCUT2D eigenvalue weighted by atomic mass is 16.2. The number of benzene rings is 1. The Kier molecular flexibility index (Phi) is 4.52. The maximum atomic E-state index is 13.2. The highest BCUT2D eigenvalue weighted by Crippen LogP contribution is 2.45. The minimum Gasteiger partial charge on any atom is -0.327 e. The average molecular weight is 410 g/mol. The van der Waals surface area contributed by atoms with Crippen molar-refractivity contribution >= 4 is 23.6 Å². The van der Waals surface area contributed by atoms with E-state index in [2.05, 4.69) is 10.2 Å². The SMILES string of the molecule is NC1CCCC12CCN(Cc1cccc3c1C(=O)N(C1CCC(=O)NC1=O)C3=O)C2. The number of nitrogens with one attached hydrogen (secondary N) is 1. The lowest BCUT2D eigenvalue weighted by Gasteiger charge is -2.29. The molecule has 4 aliphatic rings. The fraction of sp³-hybridized carbons (Fsp3) is 0.545. The fourth-order valence-electron chi connectivity index (χ4n) is 5.75. The Morgan fingerprint density at radius 2 is 1.93 bits per heavy atom.